The maximum Gasteiger partial charge on any atom is 0.161 e. The third kappa shape index (κ3) is 1.39. The van der Waals surface area contributed by atoms with E-state index in [0.29, 0.717) is 11.6 Å². The highest BCUT2D eigenvalue weighted by molar-refractivity contribution is 5.94. The first-order chi connectivity index (χ1) is 7.43. The summed E-state index contributed by atoms with van der Waals surface area (Å²) in [4.78, 5) is 4.47. The quantitative estimate of drug-likeness (QED) is 0.797. The van der Waals surface area contributed by atoms with Crippen LogP contribution in [0, 0.1) is 20.8 Å². The minimum absolute atomic E-state index is 0.420. The molecule has 0 spiro atoms. The summed E-state index contributed by atoms with van der Waals surface area (Å²) >= 11 is 0. The molecule has 0 aliphatic rings. The maximum absolute atomic E-state index is 6.01. The van der Waals surface area contributed by atoms with E-state index in [0.717, 1.165) is 28.1 Å². The van der Waals surface area contributed by atoms with Gasteiger partial charge in [-0.15, -0.1) is 0 Å². The second kappa shape index (κ2) is 3.51. The molecule has 0 radical (unpaired) electrons. The van der Waals surface area contributed by atoms with Crippen LogP contribution in [-0.2, 0) is 0 Å². The van der Waals surface area contributed by atoms with Gasteiger partial charge in [0.15, 0.2) is 5.58 Å². The molecule has 3 nitrogen and oxygen atoms in total. The van der Waals surface area contributed by atoms with Crippen LogP contribution >= 0.6 is 0 Å². The van der Waals surface area contributed by atoms with Crippen LogP contribution in [0.5, 0.6) is 0 Å². The summed E-state index contributed by atoms with van der Waals surface area (Å²) in [7, 11) is 0. The summed E-state index contributed by atoms with van der Waals surface area (Å²) in [5, 5.41) is 1.09. The van der Waals surface area contributed by atoms with Crippen LogP contribution in [0.15, 0.2) is 4.42 Å². The number of anilines is 1. The lowest BCUT2D eigenvalue weighted by Gasteiger charge is -2.07. The number of nitrogens with zero attached hydrogens (tertiary/aromatic N) is 1. The Hall–Kier alpha value is -1.51. The molecule has 16 heavy (non-hydrogen) atoms. The molecule has 0 amide bonds. The number of nitrogens with two attached hydrogens (primary N) is 1. The van der Waals surface area contributed by atoms with E-state index < -0.39 is 0 Å². The van der Waals surface area contributed by atoms with Crippen molar-refractivity contribution in [3.05, 3.63) is 22.7 Å². The van der Waals surface area contributed by atoms with Gasteiger partial charge in [-0.05, 0) is 26.7 Å². The van der Waals surface area contributed by atoms with E-state index in [1.807, 2.05) is 20.8 Å². The van der Waals surface area contributed by atoms with Gasteiger partial charge in [0.05, 0.1) is 11.4 Å². The van der Waals surface area contributed by atoms with Crippen LogP contribution in [0.4, 0.5) is 5.69 Å². The Kier molecular flexibility index (Phi) is 2.41. The van der Waals surface area contributed by atoms with Crippen molar-refractivity contribution in [3.8, 4) is 0 Å². The van der Waals surface area contributed by atoms with Crippen LogP contribution in [0.1, 0.15) is 42.5 Å². The molecule has 0 aliphatic carbocycles. The summed E-state index contributed by atoms with van der Waals surface area (Å²) in [6.45, 7) is 10.2. The van der Waals surface area contributed by atoms with Crippen molar-refractivity contribution in [2.75, 3.05) is 5.73 Å². The molecule has 86 valence electrons. The molecule has 3 heteroatoms. The molecular formula is C13H18N2O. The normalized spacial score (nSPS) is 11.6. The fourth-order valence-electron chi connectivity index (χ4n) is 2.33. The van der Waals surface area contributed by atoms with Crippen LogP contribution < -0.4 is 5.73 Å². The summed E-state index contributed by atoms with van der Waals surface area (Å²) in [5.74, 6) is 1.37. The molecular weight excluding hydrogens is 200 g/mol. The van der Waals surface area contributed by atoms with Crippen LogP contribution in [0.2, 0.25) is 0 Å². The van der Waals surface area contributed by atoms with E-state index in [1.165, 1.54) is 5.56 Å². The molecule has 2 heterocycles. The molecule has 2 aromatic heterocycles. The standard InChI is InChI=1S/C13H18N2O/c1-6(2)10-9(5)16-13-11(10)7(3)15-8(4)12(13)14/h6H,14H2,1-5H3. The average Bonchev–Trinajstić information content (AvgIpc) is 2.52. The number of rotatable bonds is 1. The van der Waals surface area contributed by atoms with Gasteiger partial charge in [0, 0.05) is 16.6 Å². The number of aryl methyl sites for hydroxylation is 3. The average molecular weight is 218 g/mol. The Morgan fingerprint density at radius 3 is 2.31 bits per heavy atom. The SMILES string of the molecule is Cc1nc(C)c2c(C(C)C)c(C)oc2c1N. The molecule has 2 rings (SSSR count). The first-order valence-electron chi connectivity index (χ1n) is 5.59. The molecule has 0 saturated heterocycles. The van der Waals surface area contributed by atoms with Gasteiger partial charge in [-0.1, -0.05) is 13.8 Å². The van der Waals surface area contributed by atoms with Gasteiger partial charge in [-0.2, -0.15) is 0 Å². The lowest BCUT2D eigenvalue weighted by molar-refractivity contribution is 0.568. The van der Waals surface area contributed by atoms with E-state index >= 15 is 0 Å². The molecule has 0 bridgehead atoms. The van der Waals surface area contributed by atoms with Gasteiger partial charge in [-0.3, -0.25) is 4.98 Å². The molecule has 0 atom stereocenters. The summed E-state index contributed by atoms with van der Waals surface area (Å²) in [5.41, 5.74) is 10.5. The van der Waals surface area contributed by atoms with Crippen molar-refractivity contribution in [3.63, 3.8) is 0 Å². The molecule has 0 aliphatic heterocycles. The zero-order valence-electron chi connectivity index (χ0n) is 10.5. The van der Waals surface area contributed by atoms with Gasteiger partial charge in [0.1, 0.15) is 5.76 Å². The van der Waals surface area contributed by atoms with E-state index in [-0.39, 0.29) is 0 Å². The van der Waals surface area contributed by atoms with Crippen molar-refractivity contribution in [1.82, 2.24) is 4.98 Å². The maximum atomic E-state index is 6.01. The number of hydrogen-bond donors (Lipinski definition) is 1. The van der Waals surface area contributed by atoms with E-state index in [2.05, 4.69) is 18.8 Å². The Morgan fingerprint density at radius 1 is 1.12 bits per heavy atom. The van der Waals surface area contributed by atoms with Gasteiger partial charge in [-0.25, -0.2) is 0 Å². The number of pyridine rings is 1. The van der Waals surface area contributed by atoms with E-state index in [1.54, 1.807) is 0 Å². The van der Waals surface area contributed by atoms with Gasteiger partial charge >= 0.3 is 0 Å². The minimum Gasteiger partial charge on any atom is -0.459 e. The molecule has 0 saturated carbocycles. The Morgan fingerprint density at radius 2 is 1.75 bits per heavy atom. The predicted molar refractivity (Wildman–Crippen MR) is 66.7 cm³/mol. The number of aromatic nitrogens is 1. The van der Waals surface area contributed by atoms with Crippen LogP contribution in [-0.4, -0.2) is 4.98 Å². The number of hydrogen-bond acceptors (Lipinski definition) is 3. The first-order valence-corrected chi connectivity index (χ1v) is 5.59. The summed E-state index contributed by atoms with van der Waals surface area (Å²) in [6.07, 6.45) is 0. The second-order valence-corrected chi connectivity index (χ2v) is 4.63. The lowest BCUT2D eigenvalue weighted by atomic mass is 9.98. The van der Waals surface area contributed by atoms with Crippen LogP contribution in [0.3, 0.4) is 0 Å². The number of nitrogen functional groups attached to an aromatic ring is 1. The highest BCUT2D eigenvalue weighted by atomic mass is 16.3. The fraction of sp³-hybridized carbons (Fsp3) is 0.462. The Balaban J connectivity index is 2.95. The summed E-state index contributed by atoms with van der Waals surface area (Å²) in [6, 6.07) is 0. The third-order valence-corrected chi connectivity index (χ3v) is 3.04. The highest BCUT2D eigenvalue weighted by Crippen LogP contribution is 2.36. The van der Waals surface area contributed by atoms with Gasteiger partial charge in [0.25, 0.3) is 0 Å². The van der Waals surface area contributed by atoms with Crippen molar-refractivity contribution in [2.24, 2.45) is 0 Å². The van der Waals surface area contributed by atoms with Gasteiger partial charge in [0.2, 0.25) is 0 Å². The zero-order chi connectivity index (χ0) is 12.0. The molecule has 0 fully saturated rings. The monoisotopic (exact) mass is 218 g/mol. The summed E-state index contributed by atoms with van der Waals surface area (Å²) < 4.78 is 5.79. The topological polar surface area (TPSA) is 52.0 Å². The lowest BCUT2D eigenvalue weighted by Crippen LogP contribution is -1.97. The largest absolute Gasteiger partial charge is 0.459 e. The third-order valence-electron chi connectivity index (χ3n) is 3.04. The van der Waals surface area contributed by atoms with Crippen molar-refractivity contribution >= 4 is 16.7 Å². The first kappa shape index (κ1) is 11.0. The number of fused-ring (bicyclic) bond motifs is 1. The van der Waals surface area contributed by atoms with E-state index in [9.17, 15) is 0 Å². The van der Waals surface area contributed by atoms with Crippen molar-refractivity contribution in [2.45, 2.75) is 40.5 Å². The Labute approximate surface area is 95.7 Å². The highest BCUT2D eigenvalue weighted by Gasteiger charge is 2.19. The molecule has 2 N–H and O–H groups in total. The molecule has 2 aromatic rings. The van der Waals surface area contributed by atoms with Crippen LogP contribution in [0.25, 0.3) is 11.0 Å². The molecule has 0 aromatic carbocycles. The van der Waals surface area contributed by atoms with Crippen molar-refractivity contribution in [1.29, 1.82) is 0 Å². The second-order valence-electron chi connectivity index (χ2n) is 4.63. The predicted octanol–water partition coefficient (Wildman–Crippen LogP) is 3.46. The number of furan rings is 1. The molecule has 0 unspecified atom stereocenters. The van der Waals surface area contributed by atoms with E-state index in [4.69, 9.17) is 10.2 Å². The fourth-order valence-corrected chi connectivity index (χ4v) is 2.33. The van der Waals surface area contributed by atoms with Gasteiger partial charge < -0.3 is 10.2 Å². The van der Waals surface area contributed by atoms with Crippen molar-refractivity contribution < 1.29 is 4.42 Å². The Bertz CT molecular complexity index is 553. The zero-order valence-corrected chi connectivity index (χ0v) is 10.5. The smallest absolute Gasteiger partial charge is 0.161 e. The minimum atomic E-state index is 0.420.